The molecule has 3 nitrogen and oxygen atoms in total. The lowest BCUT2D eigenvalue weighted by Gasteiger charge is -1.89. The van der Waals surface area contributed by atoms with Crippen molar-refractivity contribution in [2.75, 3.05) is 0 Å². The monoisotopic (exact) mass is 134 g/mol. The molecule has 50 valence electrons. The van der Waals surface area contributed by atoms with Crippen molar-refractivity contribution in [3.05, 3.63) is 30.1 Å². The first kappa shape index (κ1) is 6.65. The molecule has 0 aliphatic heterocycles. The fourth-order valence-corrected chi connectivity index (χ4v) is 0.612. The highest BCUT2D eigenvalue weighted by molar-refractivity contribution is 5.33. The van der Waals surface area contributed by atoms with Crippen LogP contribution >= 0.6 is 0 Å². The average Bonchev–Trinajstić information content (AvgIpc) is 2.03. The zero-order chi connectivity index (χ0) is 7.23. The minimum absolute atomic E-state index is 0.395. The highest BCUT2D eigenvalue weighted by atomic mass is 16.1. The maximum absolute atomic E-state index is 9.67. The van der Waals surface area contributed by atoms with E-state index < -0.39 is 0 Å². The molecule has 3 heteroatoms. The van der Waals surface area contributed by atoms with E-state index in [0.29, 0.717) is 6.54 Å². The van der Waals surface area contributed by atoms with Crippen LogP contribution in [0.4, 0.5) is 0 Å². The number of hydrogen-bond donors (Lipinski definition) is 0. The van der Waals surface area contributed by atoms with Crippen LogP contribution in [0, 0.1) is 0 Å². The molecule has 0 saturated heterocycles. The SMILES string of the molecule is O=C=NCc1ccncc1. The van der Waals surface area contributed by atoms with Crippen LogP contribution in [-0.2, 0) is 11.3 Å². The Kier molecular flexibility index (Phi) is 2.35. The first-order valence-corrected chi connectivity index (χ1v) is 2.86. The summed E-state index contributed by atoms with van der Waals surface area (Å²) in [6.45, 7) is 0.395. The highest BCUT2D eigenvalue weighted by Gasteiger charge is 1.85. The van der Waals surface area contributed by atoms with Gasteiger partial charge in [0.1, 0.15) is 0 Å². The van der Waals surface area contributed by atoms with Crippen molar-refractivity contribution in [3.8, 4) is 0 Å². The number of nitrogens with zero attached hydrogens (tertiary/aromatic N) is 2. The van der Waals surface area contributed by atoms with Gasteiger partial charge >= 0.3 is 0 Å². The quantitative estimate of drug-likeness (QED) is 0.445. The number of carbonyl (C=O) groups excluding carboxylic acids is 1. The summed E-state index contributed by atoms with van der Waals surface area (Å²) in [7, 11) is 0. The van der Waals surface area contributed by atoms with Gasteiger partial charge in [-0.3, -0.25) is 4.98 Å². The molecule has 10 heavy (non-hydrogen) atoms. The van der Waals surface area contributed by atoms with Gasteiger partial charge in [-0.1, -0.05) is 0 Å². The summed E-state index contributed by atoms with van der Waals surface area (Å²) in [5, 5.41) is 0. The number of pyridine rings is 1. The maximum atomic E-state index is 9.67. The van der Waals surface area contributed by atoms with E-state index in [1.807, 2.05) is 0 Å². The van der Waals surface area contributed by atoms with Crippen LogP contribution in [0.5, 0.6) is 0 Å². The van der Waals surface area contributed by atoms with Crippen LogP contribution in [0.25, 0.3) is 0 Å². The fraction of sp³-hybridized carbons (Fsp3) is 0.143. The minimum atomic E-state index is 0.395. The fourth-order valence-electron chi connectivity index (χ4n) is 0.612. The molecule has 0 aromatic carbocycles. The Balaban J connectivity index is 2.67. The van der Waals surface area contributed by atoms with E-state index in [0.717, 1.165) is 5.56 Å². The summed E-state index contributed by atoms with van der Waals surface area (Å²) in [6.07, 6.45) is 4.80. The van der Waals surface area contributed by atoms with Crippen LogP contribution in [0.1, 0.15) is 5.56 Å². The zero-order valence-corrected chi connectivity index (χ0v) is 5.32. The largest absolute Gasteiger partial charge is 0.265 e. The lowest BCUT2D eigenvalue weighted by Crippen LogP contribution is -1.79. The molecule has 1 heterocycles. The van der Waals surface area contributed by atoms with E-state index in [9.17, 15) is 4.79 Å². The Morgan fingerprint density at radius 1 is 1.50 bits per heavy atom. The molecule has 1 aromatic rings. The zero-order valence-electron chi connectivity index (χ0n) is 5.32. The molecule has 0 unspecified atom stereocenters. The van der Waals surface area contributed by atoms with E-state index in [-0.39, 0.29) is 0 Å². The summed E-state index contributed by atoms with van der Waals surface area (Å²) >= 11 is 0. The second kappa shape index (κ2) is 3.54. The predicted octanol–water partition coefficient (Wildman–Crippen LogP) is 0.917. The molecule has 0 spiro atoms. The first-order chi connectivity index (χ1) is 4.93. The van der Waals surface area contributed by atoms with Gasteiger partial charge in [0.05, 0.1) is 6.54 Å². The summed E-state index contributed by atoms with van der Waals surface area (Å²) in [4.78, 5) is 16.9. The van der Waals surface area contributed by atoms with Crippen molar-refractivity contribution < 1.29 is 4.79 Å². The third kappa shape index (κ3) is 1.80. The van der Waals surface area contributed by atoms with Gasteiger partial charge in [0.25, 0.3) is 0 Å². The molecular weight excluding hydrogens is 128 g/mol. The molecule has 0 bridgehead atoms. The Hall–Kier alpha value is -1.47. The van der Waals surface area contributed by atoms with Gasteiger partial charge in [-0.2, -0.15) is 0 Å². The van der Waals surface area contributed by atoms with E-state index in [4.69, 9.17) is 0 Å². The van der Waals surface area contributed by atoms with Crippen molar-refractivity contribution in [1.29, 1.82) is 0 Å². The number of isocyanates is 1. The summed E-state index contributed by atoms with van der Waals surface area (Å²) in [6, 6.07) is 3.61. The second-order valence-electron chi connectivity index (χ2n) is 1.76. The minimum Gasteiger partial charge on any atom is -0.265 e. The smallest absolute Gasteiger partial charge is 0.235 e. The topological polar surface area (TPSA) is 42.3 Å². The molecular formula is C7H6N2O. The lowest BCUT2D eigenvalue weighted by atomic mass is 10.3. The van der Waals surface area contributed by atoms with Crippen LogP contribution in [0.2, 0.25) is 0 Å². The van der Waals surface area contributed by atoms with Gasteiger partial charge in [-0.25, -0.2) is 9.79 Å². The summed E-state index contributed by atoms with van der Waals surface area (Å²) in [5.41, 5.74) is 0.971. The Labute approximate surface area is 58.4 Å². The van der Waals surface area contributed by atoms with Crippen LogP contribution in [-0.4, -0.2) is 11.1 Å². The van der Waals surface area contributed by atoms with Crippen molar-refractivity contribution in [1.82, 2.24) is 4.98 Å². The molecule has 0 aliphatic carbocycles. The molecule has 1 rings (SSSR count). The molecule has 0 radical (unpaired) electrons. The van der Waals surface area contributed by atoms with E-state index in [2.05, 4.69) is 9.98 Å². The van der Waals surface area contributed by atoms with Crippen molar-refractivity contribution >= 4 is 6.08 Å². The summed E-state index contributed by atoms with van der Waals surface area (Å²) < 4.78 is 0. The lowest BCUT2D eigenvalue weighted by molar-refractivity contribution is 0.563. The van der Waals surface area contributed by atoms with Crippen LogP contribution < -0.4 is 0 Å². The highest BCUT2D eigenvalue weighted by Crippen LogP contribution is 1.96. The number of rotatable bonds is 2. The molecule has 0 aliphatic rings. The third-order valence-electron chi connectivity index (χ3n) is 1.08. The molecule has 0 N–H and O–H groups in total. The van der Waals surface area contributed by atoms with Gasteiger partial charge in [0, 0.05) is 12.4 Å². The number of hydrogen-bond acceptors (Lipinski definition) is 3. The first-order valence-electron chi connectivity index (χ1n) is 2.86. The third-order valence-corrected chi connectivity index (χ3v) is 1.08. The normalized spacial score (nSPS) is 8.40. The van der Waals surface area contributed by atoms with Crippen LogP contribution in [0.3, 0.4) is 0 Å². The van der Waals surface area contributed by atoms with E-state index in [1.165, 1.54) is 6.08 Å². The molecule has 0 atom stereocenters. The summed E-state index contributed by atoms with van der Waals surface area (Å²) in [5.74, 6) is 0. The molecule has 0 fully saturated rings. The average molecular weight is 134 g/mol. The maximum Gasteiger partial charge on any atom is 0.235 e. The van der Waals surface area contributed by atoms with Gasteiger partial charge in [0.15, 0.2) is 0 Å². The van der Waals surface area contributed by atoms with Crippen LogP contribution in [0.15, 0.2) is 29.5 Å². The van der Waals surface area contributed by atoms with Gasteiger partial charge < -0.3 is 0 Å². The van der Waals surface area contributed by atoms with Crippen molar-refractivity contribution in [3.63, 3.8) is 0 Å². The molecule has 0 amide bonds. The van der Waals surface area contributed by atoms with E-state index >= 15 is 0 Å². The van der Waals surface area contributed by atoms with E-state index in [1.54, 1.807) is 24.5 Å². The second-order valence-corrected chi connectivity index (χ2v) is 1.76. The molecule has 0 saturated carbocycles. The van der Waals surface area contributed by atoms with Crippen molar-refractivity contribution in [2.24, 2.45) is 4.99 Å². The Morgan fingerprint density at radius 2 is 2.20 bits per heavy atom. The molecule has 1 aromatic heterocycles. The van der Waals surface area contributed by atoms with Gasteiger partial charge in [0.2, 0.25) is 6.08 Å². The van der Waals surface area contributed by atoms with Crippen molar-refractivity contribution in [2.45, 2.75) is 6.54 Å². The Bertz CT molecular complexity index is 239. The number of aliphatic imine (C=N–C) groups is 1. The Morgan fingerprint density at radius 3 is 2.80 bits per heavy atom. The van der Waals surface area contributed by atoms with Gasteiger partial charge in [-0.05, 0) is 17.7 Å². The predicted molar refractivity (Wildman–Crippen MR) is 36.1 cm³/mol. The standard InChI is InChI=1S/C7H6N2O/c10-6-9-5-7-1-3-8-4-2-7/h1-4H,5H2. The van der Waals surface area contributed by atoms with Gasteiger partial charge in [-0.15, -0.1) is 0 Å². The number of aromatic nitrogens is 1.